The van der Waals surface area contributed by atoms with Crippen LogP contribution in [0.2, 0.25) is 0 Å². The molecule has 0 saturated heterocycles. The minimum absolute atomic E-state index is 0.00430. The van der Waals surface area contributed by atoms with Crippen LogP contribution in [0.3, 0.4) is 0 Å². The van der Waals surface area contributed by atoms with Crippen molar-refractivity contribution in [2.45, 2.75) is 104 Å². The summed E-state index contributed by atoms with van der Waals surface area (Å²) in [4.78, 5) is 11.5. The minimum Gasteiger partial charge on any atom is -0.466 e. The molecule has 0 bridgehead atoms. The zero-order valence-corrected chi connectivity index (χ0v) is 15.1. The average molecular weight is 311 g/mol. The maximum atomic E-state index is 11.5. The maximum Gasteiger partial charge on any atom is 0.305 e. The third kappa shape index (κ3) is 17.3. The molecule has 0 radical (unpaired) electrons. The predicted molar refractivity (Wildman–Crippen MR) is 96.1 cm³/mol. The first kappa shape index (κ1) is 21.2. The van der Waals surface area contributed by atoms with Crippen LogP contribution in [0.25, 0.3) is 0 Å². The Morgan fingerprint density at radius 1 is 0.727 bits per heavy atom. The third-order valence-electron chi connectivity index (χ3n) is 3.90. The van der Waals surface area contributed by atoms with E-state index in [2.05, 4.69) is 26.0 Å². The Bertz CT molecular complexity index is 258. The molecule has 0 aliphatic carbocycles. The molecule has 0 aromatic carbocycles. The Balaban J connectivity index is 3.18. The van der Waals surface area contributed by atoms with Crippen molar-refractivity contribution in [3.63, 3.8) is 0 Å². The molecule has 0 rings (SSSR count). The summed E-state index contributed by atoms with van der Waals surface area (Å²) in [5.41, 5.74) is 0. The Hall–Kier alpha value is -0.790. The minimum atomic E-state index is -0.00430. The fourth-order valence-electron chi connectivity index (χ4n) is 2.41. The van der Waals surface area contributed by atoms with Gasteiger partial charge in [0.1, 0.15) is 0 Å². The lowest BCUT2D eigenvalue weighted by Gasteiger charge is -2.04. The van der Waals surface area contributed by atoms with E-state index in [0.717, 1.165) is 19.3 Å². The number of unbranched alkanes of at least 4 members (excludes halogenated alkanes) is 10. The van der Waals surface area contributed by atoms with Crippen molar-refractivity contribution in [1.29, 1.82) is 0 Å². The second kappa shape index (κ2) is 18.3. The van der Waals surface area contributed by atoms with E-state index < -0.39 is 0 Å². The number of ether oxygens (including phenoxy) is 1. The SMILES string of the molecule is CCCC/C=C\CCCCCCCC(=O)OCCCCCC. The van der Waals surface area contributed by atoms with Crippen LogP contribution in [0.15, 0.2) is 12.2 Å². The van der Waals surface area contributed by atoms with Gasteiger partial charge < -0.3 is 4.74 Å². The summed E-state index contributed by atoms with van der Waals surface area (Å²) in [5, 5.41) is 0. The first-order valence-electron chi connectivity index (χ1n) is 9.61. The smallest absolute Gasteiger partial charge is 0.305 e. The largest absolute Gasteiger partial charge is 0.466 e. The van der Waals surface area contributed by atoms with Gasteiger partial charge in [0.15, 0.2) is 0 Å². The molecule has 0 heterocycles. The van der Waals surface area contributed by atoms with Crippen molar-refractivity contribution in [2.24, 2.45) is 0 Å². The van der Waals surface area contributed by atoms with Gasteiger partial charge in [-0.1, -0.05) is 77.4 Å². The van der Waals surface area contributed by atoms with Gasteiger partial charge in [0.2, 0.25) is 0 Å². The van der Waals surface area contributed by atoms with Crippen molar-refractivity contribution < 1.29 is 9.53 Å². The topological polar surface area (TPSA) is 26.3 Å². The molecule has 2 nitrogen and oxygen atoms in total. The maximum absolute atomic E-state index is 11.5. The van der Waals surface area contributed by atoms with Gasteiger partial charge >= 0.3 is 5.97 Å². The number of hydrogen-bond acceptors (Lipinski definition) is 2. The number of carbonyl (C=O) groups excluding carboxylic acids is 1. The predicted octanol–water partition coefficient (Wildman–Crippen LogP) is 6.59. The fraction of sp³-hybridized carbons (Fsp3) is 0.850. The fourth-order valence-corrected chi connectivity index (χ4v) is 2.41. The van der Waals surface area contributed by atoms with Gasteiger partial charge in [-0.25, -0.2) is 0 Å². The van der Waals surface area contributed by atoms with E-state index in [4.69, 9.17) is 4.74 Å². The monoisotopic (exact) mass is 310 g/mol. The van der Waals surface area contributed by atoms with Crippen molar-refractivity contribution in [3.8, 4) is 0 Å². The Morgan fingerprint density at radius 3 is 2.05 bits per heavy atom. The van der Waals surface area contributed by atoms with E-state index in [1.54, 1.807) is 0 Å². The molecule has 0 fully saturated rings. The van der Waals surface area contributed by atoms with E-state index >= 15 is 0 Å². The van der Waals surface area contributed by atoms with Gasteiger partial charge in [-0.05, 0) is 32.1 Å². The number of esters is 1. The van der Waals surface area contributed by atoms with Gasteiger partial charge in [-0.2, -0.15) is 0 Å². The van der Waals surface area contributed by atoms with Crippen LogP contribution in [-0.2, 0) is 9.53 Å². The second-order valence-electron chi connectivity index (χ2n) is 6.20. The highest BCUT2D eigenvalue weighted by molar-refractivity contribution is 5.69. The molecular formula is C20H38O2. The Labute approximate surface area is 138 Å². The highest BCUT2D eigenvalue weighted by atomic mass is 16.5. The van der Waals surface area contributed by atoms with Gasteiger partial charge in [0, 0.05) is 6.42 Å². The van der Waals surface area contributed by atoms with Crippen LogP contribution in [0, 0.1) is 0 Å². The number of allylic oxidation sites excluding steroid dienone is 2. The molecule has 0 atom stereocenters. The van der Waals surface area contributed by atoms with E-state index in [1.165, 1.54) is 64.2 Å². The third-order valence-corrected chi connectivity index (χ3v) is 3.90. The molecule has 0 spiro atoms. The van der Waals surface area contributed by atoms with Crippen molar-refractivity contribution >= 4 is 5.97 Å². The van der Waals surface area contributed by atoms with Crippen LogP contribution < -0.4 is 0 Å². The van der Waals surface area contributed by atoms with E-state index in [9.17, 15) is 4.79 Å². The van der Waals surface area contributed by atoms with Gasteiger partial charge in [-0.3, -0.25) is 4.79 Å². The molecule has 0 aliphatic rings. The summed E-state index contributed by atoms with van der Waals surface area (Å²) < 4.78 is 5.23. The number of carbonyl (C=O) groups is 1. The summed E-state index contributed by atoms with van der Waals surface area (Å²) in [5.74, 6) is -0.00430. The molecule has 0 aromatic rings. The van der Waals surface area contributed by atoms with Crippen LogP contribution in [0.5, 0.6) is 0 Å². The molecule has 0 N–H and O–H groups in total. The van der Waals surface area contributed by atoms with E-state index in [1.807, 2.05) is 0 Å². The van der Waals surface area contributed by atoms with E-state index in [0.29, 0.717) is 13.0 Å². The van der Waals surface area contributed by atoms with Crippen LogP contribution in [0.1, 0.15) is 104 Å². The zero-order valence-electron chi connectivity index (χ0n) is 15.1. The zero-order chi connectivity index (χ0) is 16.3. The van der Waals surface area contributed by atoms with Crippen LogP contribution in [0.4, 0.5) is 0 Å². The van der Waals surface area contributed by atoms with E-state index in [-0.39, 0.29) is 5.97 Å². The first-order valence-corrected chi connectivity index (χ1v) is 9.61. The highest BCUT2D eigenvalue weighted by Gasteiger charge is 2.02. The standard InChI is InChI=1S/C20H38O2/c1-3-5-7-9-10-11-12-13-14-15-16-18-20(21)22-19-17-8-6-4-2/h9-10H,3-8,11-19H2,1-2H3/b10-9-. The van der Waals surface area contributed by atoms with Gasteiger partial charge in [0.05, 0.1) is 6.61 Å². The normalized spacial score (nSPS) is 11.2. The number of rotatable bonds is 16. The summed E-state index contributed by atoms with van der Waals surface area (Å²) >= 11 is 0. The summed E-state index contributed by atoms with van der Waals surface area (Å²) in [6.07, 6.45) is 20.9. The Kier molecular flexibility index (Phi) is 17.6. The summed E-state index contributed by atoms with van der Waals surface area (Å²) in [6, 6.07) is 0. The summed E-state index contributed by atoms with van der Waals surface area (Å²) in [7, 11) is 0. The molecule has 0 unspecified atom stereocenters. The first-order chi connectivity index (χ1) is 10.8. The molecule has 130 valence electrons. The average Bonchev–Trinajstić information content (AvgIpc) is 2.52. The van der Waals surface area contributed by atoms with Crippen molar-refractivity contribution in [3.05, 3.63) is 12.2 Å². The quantitative estimate of drug-likeness (QED) is 0.183. The molecular weight excluding hydrogens is 272 g/mol. The second-order valence-corrected chi connectivity index (χ2v) is 6.20. The Morgan fingerprint density at radius 2 is 1.32 bits per heavy atom. The molecule has 0 aliphatic heterocycles. The summed E-state index contributed by atoms with van der Waals surface area (Å²) in [6.45, 7) is 5.04. The molecule has 0 aromatic heterocycles. The molecule has 22 heavy (non-hydrogen) atoms. The highest BCUT2D eigenvalue weighted by Crippen LogP contribution is 2.09. The molecule has 0 amide bonds. The van der Waals surface area contributed by atoms with Gasteiger partial charge in [-0.15, -0.1) is 0 Å². The molecule has 0 saturated carbocycles. The molecule has 2 heteroatoms. The van der Waals surface area contributed by atoms with Crippen molar-refractivity contribution in [1.82, 2.24) is 0 Å². The van der Waals surface area contributed by atoms with Gasteiger partial charge in [0.25, 0.3) is 0 Å². The van der Waals surface area contributed by atoms with Crippen molar-refractivity contribution in [2.75, 3.05) is 6.61 Å². The lowest BCUT2D eigenvalue weighted by Crippen LogP contribution is -2.05. The van der Waals surface area contributed by atoms with Crippen LogP contribution >= 0.6 is 0 Å². The number of hydrogen-bond donors (Lipinski definition) is 0. The van der Waals surface area contributed by atoms with Crippen LogP contribution in [-0.4, -0.2) is 12.6 Å². The lowest BCUT2D eigenvalue weighted by atomic mass is 10.1. The lowest BCUT2D eigenvalue weighted by molar-refractivity contribution is -0.143.